The highest BCUT2D eigenvalue weighted by molar-refractivity contribution is 6.09. The molecule has 8 nitrogen and oxygen atoms in total. The highest BCUT2D eigenvalue weighted by Crippen LogP contribution is 2.43. The second-order valence-corrected chi connectivity index (χ2v) is 7.25. The van der Waals surface area contributed by atoms with E-state index in [1.165, 1.54) is 18.3 Å². The van der Waals surface area contributed by atoms with Gasteiger partial charge in [-0.05, 0) is 18.9 Å². The van der Waals surface area contributed by atoms with Crippen LogP contribution in [0.25, 0.3) is 0 Å². The number of allylic oxidation sites excluding steroid dienone is 1. The van der Waals surface area contributed by atoms with Crippen LogP contribution >= 0.6 is 0 Å². The number of hydrogen-bond donors (Lipinski definition) is 3. The third-order valence-corrected chi connectivity index (χ3v) is 5.31. The molecule has 3 rings (SSSR count). The van der Waals surface area contributed by atoms with Crippen molar-refractivity contribution in [2.45, 2.75) is 37.7 Å². The first-order chi connectivity index (χ1) is 14.4. The number of aliphatic hydroxyl groups is 1. The predicted octanol–water partition coefficient (Wildman–Crippen LogP) is 1.69. The Labute approximate surface area is 173 Å². The summed E-state index contributed by atoms with van der Waals surface area (Å²) in [6, 6.07) is 2.82. The zero-order chi connectivity index (χ0) is 23.0. The summed E-state index contributed by atoms with van der Waals surface area (Å²) in [5, 5.41) is 10.3. The fourth-order valence-electron chi connectivity index (χ4n) is 3.75. The molecule has 1 unspecified atom stereocenters. The molecular formula is C18H20F5N5O3. The van der Waals surface area contributed by atoms with E-state index in [9.17, 15) is 31.9 Å². The molecule has 1 fully saturated rings. The number of rotatable bonds is 4. The van der Waals surface area contributed by atoms with Gasteiger partial charge in [0.15, 0.2) is 5.60 Å². The van der Waals surface area contributed by atoms with Crippen LogP contribution in [0.5, 0.6) is 5.88 Å². The van der Waals surface area contributed by atoms with Crippen molar-refractivity contribution in [2.75, 3.05) is 18.0 Å². The van der Waals surface area contributed by atoms with E-state index in [0.29, 0.717) is 31.6 Å². The van der Waals surface area contributed by atoms with Crippen LogP contribution < -0.4 is 21.1 Å². The fourth-order valence-corrected chi connectivity index (χ4v) is 3.75. The molecule has 0 aliphatic carbocycles. The summed E-state index contributed by atoms with van der Waals surface area (Å²) in [7, 11) is 0. The Morgan fingerprint density at radius 3 is 2.45 bits per heavy atom. The minimum atomic E-state index is -5.17. The molecule has 0 aromatic carbocycles. The number of amidine groups is 1. The molecule has 1 aromatic heterocycles. The molecule has 0 bridgehead atoms. The number of halogens is 5. The predicted molar refractivity (Wildman–Crippen MR) is 99.3 cm³/mol. The number of piperidine rings is 1. The maximum absolute atomic E-state index is 13.6. The Hall–Kier alpha value is -2.96. The number of aliphatic imine (C=N–C) groups is 1. The molecule has 0 radical (unpaired) electrons. The van der Waals surface area contributed by atoms with Gasteiger partial charge >= 0.3 is 12.8 Å². The number of nitrogens with zero attached hydrogens (tertiary/aromatic N) is 3. The molecule has 2 aliphatic rings. The van der Waals surface area contributed by atoms with Crippen LogP contribution in [-0.4, -0.2) is 53.3 Å². The van der Waals surface area contributed by atoms with Crippen molar-refractivity contribution in [3.63, 3.8) is 0 Å². The topological polar surface area (TPSA) is 127 Å². The molecule has 5 N–H and O–H groups in total. The van der Waals surface area contributed by atoms with Crippen molar-refractivity contribution in [3.8, 4) is 5.88 Å². The van der Waals surface area contributed by atoms with Gasteiger partial charge in [0.05, 0.1) is 23.9 Å². The number of amides is 1. The first kappa shape index (κ1) is 22.7. The van der Waals surface area contributed by atoms with Gasteiger partial charge in [0.1, 0.15) is 5.84 Å². The maximum Gasteiger partial charge on any atom is 0.422 e. The third-order valence-electron chi connectivity index (χ3n) is 5.31. The normalized spacial score (nSPS) is 24.9. The molecule has 0 spiro atoms. The molecule has 1 amide bonds. The lowest BCUT2D eigenvalue weighted by Crippen LogP contribution is -2.55. The van der Waals surface area contributed by atoms with Gasteiger partial charge in [-0.15, -0.1) is 0 Å². The van der Waals surface area contributed by atoms with Crippen molar-refractivity contribution in [1.82, 2.24) is 4.98 Å². The lowest BCUT2D eigenvalue weighted by molar-refractivity contribution is -0.244. The van der Waals surface area contributed by atoms with Crippen LogP contribution in [0, 0.1) is 5.92 Å². The monoisotopic (exact) mass is 449 g/mol. The van der Waals surface area contributed by atoms with Crippen molar-refractivity contribution in [1.29, 1.82) is 0 Å². The SMILES string of the molecule is NC1=NC(=O)CC(O)(C(F)(F)F)C1=C(N)C1CCN(c2ccc(OC(F)F)nc2)CC1. The average molecular weight is 449 g/mol. The van der Waals surface area contributed by atoms with E-state index in [2.05, 4.69) is 14.7 Å². The molecule has 13 heteroatoms. The van der Waals surface area contributed by atoms with Crippen molar-refractivity contribution in [3.05, 3.63) is 29.6 Å². The number of nitrogens with two attached hydrogens (primary N) is 2. The highest BCUT2D eigenvalue weighted by Gasteiger charge is 2.60. The molecule has 2 aliphatic heterocycles. The number of alkyl halides is 5. The molecule has 0 saturated carbocycles. The number of aromatic nitrogens is 1. The maximum atomic E-state index is 13.6. The lowest BCUT2D eigenvalue weighted by atomic mass is 9.80. The number of pyridine rings is 1. The molecule has 1 saturated heterocycles. The van der Waals surface area contributed by atoms with Crippen molar-refractivity contribution in [2.24, 2.45) is 22.4 Å². The summed E-state index contributed by atoms with van der Waals surface area (Å²) in [6.45, 7) is -2.25. The lowest BCUT2D eigenvalue weighted by Gasteiger charge is -2.38. The van der Waals surface area contributed by atoms with Crippen molar-refractivity contribution < 1.29 is 36.6 Å². The largest absolute Gasteiger partial charge is 0.422 e. The minimum absolute atomic E-state index is 0.240. The Kier molecular flexibility index (Phi) is 6.07. The molecule has 1 atom stereocenters. The van der Waals surface area contributed by atoms with E-state index in [-0.39, 0.29) is 11.6 Å². The van der Waals surface area contributed by atoms with Crippen LogP contribution in [0.15, 0.2) is 34.6 Å². The van der Waals surface area contributed by atoms with Crippen LogP contribution in [0.2, 0.25) is 0 Å². The summed E-state index contributed by atoms with van der Waals surface area (Å²) in [5.74, 6) is -2.71. The zero-order valence-corrected chi connectivity index (χ0v) is 16.1. The minimum Gasteiger partial charge on any atom is -0.417 e. The summed E-state index contributed by atoms with van der Waals surface area (Å²) in [5.41, 5.74) is 7.66. The number of ether oxygens (including phenoxy) is 1. The number of carbonyl (C=O) groups excluding carboxylic acids is 1. The van der Waals surface area contributed by atoms with Gasteiger partial charge in [-0.1, -0.05) is 0 Å². The molecular weight excluding hydrogens is 429 g/mol. The van der Waals surface area contributed by atoms with Gasteiger partial charge in [-0.3, -0.25) is 4.79 Å². The van der Waals surface area contributed by atoms with Crippen LogP contribution in [0.3, 0.4) is 0 Å². The summed E-state index contributed by atoms with van der Waals surface area (Å²) in [4.78, 5) is 20.5. The van der Waals surface area contributed by atoms with E-state index in [1.54, 1.807) is 0 Å². The van der Waals surface area contributed by atoms with Gasteiger partial charge in [-0.25, -0.2) is 4.98 Å². The van der Waals surface area contributed by atoms with Gasteiger partial charge < -0.3 is 26.2 Å². The Bertz CT molecular complexity index is 895. The van der Waals surface area contributed by atoms with Gasteiger partial charge in [0.25, 0.3) is 5.91 Å². The Morgan fingerprint density at radius 1 is 1.29 bits per heavy atom. The second-order valence-electron chi connectivity index (χ2n) is 7.25. The number of anilines is 1. The van der Waals surface area contributed by atoms with E-state index in [4.69, 9.17) is 11.5 Å². The fraction of sp³-hybridized carbons (Fsp3) is 0.500. The van der Waals surface area contributed by atoms with Gasteiger partial charge in [0.2, 0.25) is 5.88 Å². The Balaban J connectivity index is 1.78. The quantitative estimate of drug-likeness (QED) is 0.597. The van der Waals surface area contributed by atoms with E-state index < -0.39 is 48.0 Å². The number of carbonyl (C=O) groups is 1. The molecule has 3 heterocycles. The van der Waals surface area contributed by atoms with Gasteiger partial charge in [0, 0.05) is 30.8 Å². The first-order valence-electron chi connectivity index (χ1n) is 9.25. The van der Waals surface area contributed by atoms with Crippen LogP contribution in [0.1, 0.15) is 19.3 Å². The van der Waals surface area contributed by atoms with Crippen molar-refractivity contribution >= 4 is 17.4 Å². The third kappa shape index (κ3) is 4.55. The highest BCUT2D eigenvalue weighted by atomic mass is 19.4. The zero-order valence-electron chi connectivity index (χ0n) is 16.1. The summed E-state index contributed by atoms with van der Waals surface area (Å²) in [6.07, 6.45) is -4.47. The van der Waals surface area contributed by atoms with E-state index in [0.717, 1.165) is 0 Å². The summed E-state index contributed by atoms with van der Waals surface area (Å²) < 4.78 is 69.3. The second kappa shape index (κ2) is 8.29. The van der Waals surface area contributed by atoms with Gasteiger partial charge in [-0.2, -0.15) is 26.9 Å². The number of hydrogen-bond acceptors (Lipinski definition) is 7. The standard InChI is InChI=1S/C18H20F5N5O3/c19-16(20)31-12-2-1-10(8-26-12)28-5-3-9(4-6-28)14(24)13-15(25)27-11(29)7-17(13,30)18(21,22)23/h1-2,8-9,16,30H,3-7,24H2,(H2,25,27,29). The summed E-state index contributed by atoms with van der Waals surface area (Å²) >= 11 is 0. The molecule has 170 valence electrons. The first-order valence-corrected chi connectivity index (χ1v) is 9.25. The van der Waals surface area contributed by atoms with E-state index in [1.807, 2.05) is 4.90 Å². The van der Waals surface area contributed by atoms with E-state index >= 15 is 0 Å². The molecule has 31 heavy (non-hydrogen) atoms. The Morgan fingerprint density at radius 2 is 1.94 bits per heavy atom. The average Bonchev–Trinajstić information content (AvgIpc) is 2.66. The smallest absolute Gasteiger partial charge is 0.417 e. The molecule has 1 aromatic rings. The van der Waals surface area contributed by atoms with Crippen LogP contribution in [-0.2, 0) is 4.79 Å². The van der Waals surface area contributed by atoms with Crippen LogP contribution in [0.4, 0.5) is 27.6 Å².